The van der Waals surface area contributed by atoms with E-state index in [0.717, 1.165) is 88.1 Å². The normalized spacial score (nSPS) is 11.5. The summed E-state index contributed by atoms with van der Waals surface area (Å²) in [6.07, 6.45) is 0. The third kappa shape index (κ3) is 6.38. The zero-order chi connectivity index (χ0) is 44.3. The fraction of sp³-hybridized carbons (Fsp3) is 0. The maximum atomic E-state index is 16.0. The Hall–Kier alpha value is -8.85. The first-order valence-corrected chi connectivity index (χ1v) is 21.9. The average Bonchev–Trinajstić information content (AvgIpc) is 3.88. The van der Waals surface area contributed by atoms with Gasteiger partial charge >= 0.3 is 0 Å². The molecule has 0 saturated heterocycles. The lowest BCUT2D eigenvalue weighted by molar-refractivity contribution is 0.589. The molecule has 10 aromatic carbocycles. The van der Waals surface area contributed by atoms with Crippen LogP contribution < -0.4 is 0 Å². The van der Waals surface area contributed by atoms with E-state index in [1.54, 1.807) is 12.1 Å². The molecule has 0 bridgehead atoms. The minimum Gasteiger partial charge on any atom is -0.307 e. The highest BCUT2D eigenvalue weighted by molar-refractivity contribution is 6.14. The van der Waals surface area contributed by atoms with Crippen molar-refractivity contribution in [1.82, 2.24) is 9.13 Å². The van der Waals surface area contributed by atoms with Gasteiger partial charge in [0, 0.05) is 27.1 Å². The number of hydrogen-bond donors (Lipinski definition) is 0. The molecule has 0 spiro atoms. The van der Waals surface area contributed by atoms with E-state index in [0.29, 0.717) is 11.4 Å². The first kappa shape index (κ1) is 38.8. The molecule has 0 aliphatic heterocycles. The van der Waals surface area contributed by atoms with Crippen LogP contribution in [0, 0.1) is 23.0 Å². The summed E-state index contributed by atoms with van der Waals surface area (Å²) < 4.78 is 36.5. The van der Waals surface area contributed by atoms with Crippen LogP contribution in [0.1, 0.15) is 5.56 Å². The van der Waals surface area contributed by atoms with Gasteiger partial charge in [-0.15, -0.1) is 0 Å². The van der Waals surface area contributed by atoms with Gasteiger partial charge in [0.1, 0.15) is 11.6 Å². The highest BCUT2D eigenvalue weighted by Crippen LogP contribution is 2.44. The van der Waals surface area contributed by atoms with Gasteiger partial charge in [-0.3, -0.25) is 0 Å². The Bertz CT molecular complexity index is 3670. The van der Waals surface area contributed by atoms with E-state index < -0.39 is 11.6 Å². The topological polar surface area (TPSA) is 33.6 Å². The second kappa shape index (κ2) is 15.7. The predicted octanol–water partition coefficient (Wildman–Crippen LogP) is 16.4. The Kier molecular flexibility index (Phi) is 9.25. The Balaban J connectivity index is 1.22. The van der Waals surface area contributed by atoms with E-state index in [1.165, 1.54) is 18.2 Å². The van der Waals surface area contributed by atoms with Gasteiger partial charge in [-0.25, -0.2) is 8.78 Å². The van der Waals surface area contributed by atoms with E-state index in [4.69, 9.17) is 0 Å². The van der Waals surface area contributed by atoms with Gasteiger partial charge in [0.2, 0.25) is 0 Å². The molecule has 0 atom stereocenters. The highest BCUT2D eigenvalue weighted by atomic mass is 19.1. The number of benzene rings is 10. The Morgan fingerprint density at radius 1 is 0.318 bits per heavy atom. The summed E-state index contributed by atoms with van der Waals surface area (Å²) in [7, 11) is 0. The second-order valence-electron chi connectivity index (χ2n) is 16.7. The molecule has 0 radical (unpaired) electrons. The van der Waals surface area contributed by atoms with Crippen molar-refractivity contribution in [2.24, 2.45) is 0 Å². The number of rotatable bonds is 7. The number of fused-ring (bicyclic) bond motifs is 6. The number of nitrogens with zero attached hydrogens (tertiary/aromatic N) is 3. The van der Waals surface area contributed by atoms with Crippen LogP contribution in [0.3, 0.4) is 0 Å². The van der Waals surface area contributed by atoms with Crippen molar-refractivity contribution < 1.29 is 8.78 Å². The largest absolute Gasteiger partial charge is 0.307 e. The molecule has 0 aliphatic carbocycles. The molecule has 3 nitrogen and oxygen atoms in total. The third-order valence-electron chi connectivity index (χ3n) is 12.9. The van der Waals surface area contributed by atoms with Gasteiger partial charge in [0.05, 0.1) is 50.6 Å². The van der Waals surface area contributed by atoms with Crippen molar-refractivity contribution in [2.45, 2.75) is 0 Å². The van der Waals surface area contributed by atoms with Crippen LogP contribution in [-0.4, -0.2) is 9.13 Å². The van der Waals surface area contributed by atoms with Crippen LogP contribution in [0.15, 0.2) is 224 Å². The summed E-state index contributed by atoms with van der Waals surface area (Å²) in [5.41, 5.74) is 13.7. The molecule has 0 aliphatic rings. The van der Waals surface area contributed by atoms with E-state index in [2.05, 4.69) is 137 Å². The second-order valence-corrected chi connectivity index (χ2v) is 16.7. The Labute approximate surface area is 379 Å². The molecule has 5 heteroatoms. The minimum absolute atomic E-state index is 0.146. The van der Waals surface area contributed by atoms with Gasteiger partial charge in [-0.2, -0.15) is 5.26 Å². The molecule has 0 N–H and O–H groups in total. The van der Waals surface area contributed by atoms with Crippen molar-refractivity contribution in [1.29, 1.82) is 5.26 Å². The van der Waals surface area contributed by atoms with Crippen LogP contribution in [0.4, 0.5) is 8.78 Å². The van der Waals surface area contributed by atoms with Crippen molar-refractivity contribution >= 4 is 43.6 Å². The predicted molar refractivity (Wildman–Crippen MR) is 267 cm³/mol. The van der Waals surface area contributed by atoms with Gasteiger partial charge in [0.25, 0.3) is 0 Å². The summed E-state index contributed by atoms with van der Waals surface area (Å²) in [6.45, 7) is 0. The lowest BCUT2D eigenvalue weighted by Gasteiger charge is -2.20. The van der Waals surface area contributed by atoms with E-state index >= 15 is 8.78 Å². The summed E-state index contributed by atoms with van der Waals surface area (Å²) in [4.78, 5) is 0. The molecule has 2 aromatic heterocycles. The fourth-order valence-corrected chi connectivity index (χ4v) is 9.80. The molecule has 66 heavy (non-hydrogen) atoms. The van der Waals surface area contributed by atoms with Crippen molar-refractivity contribution in [3.05, 3.63) is 242 Å². The smallest absolute Gasteiger partial charge is 0.134 e. The molecule has 12 rings (SSSR count). The SMILES string of the molecule is N#Cc1cc(-n2c3ccc(-c4ccccc4)cc3c3cc(-c4ccccc4)ccc32)c(-n2c3ccc(-c4ccccc4)cc3c3cc(-c4ccccc4)ccc32)cc1-c1c(F)cccc1F. The molecule has 0 fully saturated rings. The van der Waals surface area contributed by atoms with Crippen LogP contribution in [-0.2, 0) is 0 Å². The van der Waals surface area contributed by atoms with Crippen LogP contribution in [0.5, 0.6) is 0 Å². The van der Waals surface area contributed by atoms with E-state index in [1.807, 2.05) is 72.8 Å². The molecular weight excluding hydrogens is 813 g/mol. The maximum Gasteiger partial charge on any atom is 0.134 e. The van der Waals surface area contributed by atoms with Gasteiger partial charge < -0.3 is 9.13 Å². The molecular formula is C61H37F2N3. The minimum atomic E-state index is -0.744. The van der Waals surface area contributed by atoms with E-state index in [9.17, 15) is 5.26 Å². The van der Waals surface area contributed by atoms with Gasteiger partial charge in [0.15, 0.2) is 0 Å². The molecule has 0 unspecified atom stereocenters. The van der Waals surface area contributed by atoms with E-state index in [-0.39, 0.29) is 16.7 Å². The fourth-order valence-electron chi connectivity index (χ4n) is 9.80. The molecule has 0 saturated carbocycles. The summed E-state index contributed by atoms with van der Waals surface area (Å²) in [5.74, 6) is -1.49. The Morgan fingerprint density at radius 3 is 0.955 bits per heavy atom. The standard InChI is InChI=1S/C61H37F2N3/c62-53-22-13-23-54(63)61(53)48-37-60(66-57-30-26-45(41-18-9-3-10-19-41)34-51(57)52-35-46(27-31-58(52)66)42-20-11-4-12-21-42)59(36-47(48)38-64)65-55-28-24-43(39-14-5-1-6-15-39)32-49(55)50-33-44(25-29-56(50)65)40-16-7-2-8-17-40/h1-37H. The zero-order valence-electron chi connectivity index (χ0n) is 35.5. The highest BCUT2D eigenvalue weighted by Gasteiger charge is 2.25. The summed E-state index contributed by atoms with van der Waals surface area (Å²) >= 11 is 0. The zero-order valence-corrected chi connectivity index (χ0v) is 35.5. The van der Waals surface area contributed by atoms with Gasteiger partial charge in [-0.05, 0) is 117 Å². The number of nitriles is 1. The molecule has 2 heterocycles. The number of halogens is 2. The van der Waals surface area contributed by atoms with Gasteiger partial charge in [-0.1, -0.05) is 152 Å². The Morgan fingerprint density at radius 2 is 0.636 bits per heavy atom. The molecule has 310 valence electrons. The van der Waals surface area contributed by atoms with Crippen LogP contribution >= 0.6 is 0 Å². The van der Waals surface area contributed by atoms with Crippen molar-refractivity contribution in [2.75, 3.05) is 0 Å². The van der Waals surface area contributed by atoms with Crippen LogP contribution in [0.25, 0.3) is 111 Å². The molecule has 12 aromatic rings. The first-order chi connectivity index (χ1) is 32.5. The molecule has 0 amide bonds. The number of hydrogen-bond acceptors (Lipinski definition) is 1. The average molecular weight is 850 g/mol. The first-order valence-electron chi connectivity index (χ1n) is 21.9. The monoisotopic (exact) mass is 849 g/mol. The summed E-state index contributed by atoms with van der Waals surface area (Å²) in [5, 5.41) is 15.1. The quantitative estimate of drug-likeness (QED) is 0.157. The lowest BCUT2D eigenvalue weighted by Crippen LogP contribution is -2.06. The lowest BCUT2D eigenvalue weighted by atomic mass is 9.97. The van der Waals surface area contributed by atoms with Crippen LogP contribution in [0.2, 0.25) is 0 Å². The third-order valence-corrected chi connectivity index (χ3v) is 12.9. The number of aromatic nitrogens is 2. The maximum absolute atomic E-state index is 16.0. The summed E-state index contributed by atoms with van der Waals surface area (Å²) in [6, 6.07) is 77.1. The van der Waals surface area contributed by atoms with Crippen molar-refractivity contribution in [3.63, 3.8) is 0 Å². The van der Waals surface area contributed by atoms with Crippen molar-refractivity contribution in [3.8, 4) is 73.1 Å².